The lowest BCUT2D eigenvalue weighted by Gasteiger charge is -2.16. The molecule has 0 unspecified atom stereocenters. The number of aryl methyl sites for hydroxylation is 1. The molecule has 2 heterocycles. The molecule has 21 heavy (non-hydrogen) atoms. The third-order valence-electron chi connectivity index (χ3n) is 3.16. The number of hydrogen-bond acceptors (Lipinski definition) is 4. The van der Waals surface area contributed by atoms with Gasteiger partial charge in [0.25, 0.3) is 0 Å². The minimum Gasteiger partial charge on any atom is -0.322 e. The van der Waals surface area contributed by atoms with Gasteiger partial charge < -0.3 is 11.1 Å². The summed E-state index contributed by atoms with van der Waals surface area (Å²) >= 11 is 0. The minimum absolute atomic E-state index is 0.198. The average molecular weight is 287 g/mol. The topological polar surface area (TPSA) is 85.8 Å². The smallest absolute Gasteiger partial charge is 0.241 e. The molecule has 2 rings (SSSR count). The number of nitrogens with one attached hydrogen (secondary N) is 1. The van der Waals surface area contributed by atoms with Crippen molar-refractivity contribution in [2.75, 3.05) is 5.32 Å². The zero-order chi connectivity index (χ0) is 15.4. The Labute approximate surface area is 124 Å². The second-order valence-electron chi connectivity index (χ2n) is 5.44. The van der Waals surface area contributed by atoms with E-state index in [1.54, 1.807) is 24.7 Å². The van der Waals surface area contributed by atoms with Crippen LogP contribution in [0.15, 0.2) is 30.7 Å². The van der Waals surface area contributed by atoms with Crippen molar-refractivity contribution in [2.45, 2.75) is 33.2 Å². The molecule has 0 aliphatic carbocycles. The lowest BCUT2D eigenvalue weighted by Crippen LogP contribution is -2.37. The summed E-state index contributed by atoms with van der Waals surface area (Å²) in [7, 11) is 0. The van der Waals surface area contributed by atoms with Crippen LogP contribution in [0.5, 0.6) is 0 Å². The van der Waals surface area contributed by atoms with Crippen LogP contribution in [0.2, 0.25) is 0 Å². The first-order valence-corrected chi connectivity index (χ1v) is 7.01. The van der Waals surface area contributed by atoms with Crippen LogP contribution in [0.4, 0.5) is 5.69 Å². The third-order valence-corrected chi connectivity index (χ3v) is 3.16. The predicted octanol–water partition coefficient (Wildman–Crippen LogP) is 1.89. The highest BCUT2D eigenvalue weighted by Crippen LogP contribution is 2.19. The van der Waals surface area contributed by atoms with Crippen molar-refractivity contribution in [2.24, 2.45) is 11.7 Å². The fraction of sp³-hybridized carbons (Fsp3) is 0.400. The van der Waals surface area contributed by atoms with Gasteiger partial charge in [0.1, 0.15) is 5.82 Å². The first-order valence-electron chi connectivity index (χ1n) is 7.01. The van der Waals surface area contributed by atoms with E-state index in [0.29, 0.717) is 23.8 Å². The minimum atomic E-state index is -0.526. The van der Waals surface area contributed by atoms with Crippen molar-refractivity contribution in [3.63, 3.8) is 0 Å². The highest BCUT2D eigenvalue weighted by atomic mass is 16.2. The number of hydrogen-bond donors (Lipinski definition) is 2. The van der Waals surface area contributed by atoms with Crippen molar-refractivity contribution in [1.29, 1.82) is 0 Å². The molecule has 0 bridgehead atoms. The first-order chi connectivity index (χ1) is 9.99. The van der Waals surface area contributed by atoms with Gasteiger partial charge in [-0.2, -0.15) is 0 Å². The number of carbonyl (C=O) groups is 1. The Morgan fingerprint density at radius 1 is 1.38 bits per heavy atom. The number of aromatic nitrogens is 3. The normalized spacial score (nSPS) is 12.4. The number of nitrogens with zero attached hydrogens (tertiary/aromatic N) is 3. The van der Waals surface area contributed by atoms with Gasteiger partial charge in [0.2, 0.25) is 5.91 Å². The first kappa shape index (κ1) is 15.2. The van der Waals surface area contributed by atoms with Crippen LogP contribution in [0.25, 0.3) is 5.82 Å². The fourth-order valence-corrected chi connectivity index (χ4v) is 2.13. The van der Waals surface area contributed by atoms with Crippen LogP contribution in [0, 0.1) is 12.8 Å². The van der Waals surface area contributed by atoms with E-state index in [1.165, 1.54) is 0 Å². The Balaban J connectivity index is 2.22. The Hall–Kier alpha value is -2.21. The molecule has 0 aliphatic rings. The molecule has 0 aliphatic heterocycles. The molecule has 0 fully saturated rings. The Kier molecular flexibility index (Phi) is 4.70. The summed E-state index contributed by atoms with van der Waals surface area (Å²) in [6.45, 7) is 5.96. The number of rotatable bonds is 5. The van der Waals surface area contributed by atoms with Gasteiger partial charge in [0, 0.05) is 18.6 Å². The van der Waals surface area contributed by atoms with Crippen LogP contribution >= 0.6 is 0 Å². The van der Waals surface area contributed by atoms with Crippen LogP contribution in [0.1, 0.15) is 26.1 Å². The molecule has 0 aromatic carbocycles. The summed E-state index contributed by atoms with van der Waals surface area (Å²) in [5.74, 6) is 1.61. The van der Waals surface area contributed by atoms with Gasteiger partial charge >= 0.3 is 0 Å². The van der Waals surface area contributed by atoms with Crippen LogP contribution in [-0.2, 0) is 4.79 Å². The second-order valence-corrected chi connectivity index (χ2v) is 5.44. The van der Waals surface area contributed by atoms with Crippen LogP contribution in [-0.4, -0.2) is 26.5 Å². The van der Waals surface area contributed by atoms with Gasteiger partial charge in [-0.05, 0) is 31.4 Å². The average Bonchev–Trinajstić information content (AvgIpc) is 2.84. The van der Waals surface area contributed by atoms with Crippen molar-refractivity contribution in [1.82, 2.24) is 14.5 Å². The third kappa shape index (κ3) is 3.66. The molecular formula is C15H21N5O. The molecule has 2 aromatic rings. The van der Waals surface area contributed by atoms with Gasteiger partial charge in [0.05, 0.1) is 11.7 Å². The van der Waals surface area contributed by atoms with Gasteiger partial charge in [-0.3, -0.25) is 9.36 Å². The molecular weight excluding hydrogens is 266 g/mol. The number of imidazole rings is 1. The monoisotopic (exact) mass is 287 g/mol. The molecule has 1 atom stereocenters. The molecule has 0 saturated carbocycles. The molecule has 0 radical (unpaired) electrons. The lowest BCUT2D eigenvalue weighted by molar-refractivity contribution is -0.117. The second kappa shape index (κ2) is 6.49. The number of pyridine rings is 1. The number of carbonyl (C=O) groups excluding carboxylic acids is 1. The summed E-state index contributed by atoms with van der Waals surface area (Å²) in [5, 5.41) is 2.86. The summed E-state index contributed by atoms with van der Waals surface area (Å²) < 4.78 is 1.82. The molecule has 112 valence electrons. The summed E-state index contributed by atoms with van der Waals surface area (Å²) in [6, 6.07) is 3.06. The number of nitrogens with two attached hydrogens (primary N) is 1. The lowest BCUT2D eigenvalue weighted by atomic mass is 10.0. The Morgan fingerprint density at radius 2 is 2.14 bits per heavy atom. The Bertz CT molecular complexity index is 620. The van der Waals surface area contributed by atoms with Crippen molar-refractivity contribution >= 4 is 11.6 Å². The standard InChI is InChI=1S/C15H21N5O/c1-10(2)9-12(16)15(21)19-13-5-4-6-18-14(13)20-8-7-17-11(20)3/h4-8,10,12H,9,16H2,1-3H3,(H,19,21)/t12-/m1/s1. The Morgan fingerprint density at radius 3 is 2.76 bits per heavy atom. The highest BCUT2D eigenvalue weighted by molar-refractivity contribution is 5.96. The SMILES string of the molecule is Cc1nccn1-c1ncccc1NC(=O)[C@H](N)CC(C)C. The fourth-order valence-electron chi connectivity index (χ4n) is 2.13. The molecule has 0 spiro atoms. The van der Waals surface area contributed by atoms with E-state index in [9.17, 15) is 4.79 Å². The molecule has 1 amide bonds. The van der Waals surface area contributed by atoms with E-state index >= 15 is 0 Å². The van der Waals surface area contributed by atoms with Gasteiger partial charge in [0.15, 0.2) is 5.82 Å². The summed E-state index contributed by atoms with van der Waals surface area (Å²) in [6.07, 6.45) is 5.82. The summed E-state index contributed by atoms with van der Waals surface area (Å²) in [5.41, 5.74) is 6.54. The van der Waals surface area contributed by atoms with E-state index in [2.05, 4.69) is 15.3 Å². The van der Waals surface area contributed by atoms with Gasteiger partial charge in [-0.1, -0.05) is 13.8 Å². The molecule has 0 saturated heterocycles. The van der Waals surface area contributed by atoms with E-state index in [0.717, 1.165) is 5.82 Å². The van der Waals surface area contributed by atoms with E-state index in [-0.39, 0.29) is 5.91 Å². The van der Waals surface area contributed by atoms with Gasteiger partial charge in [-0.25, -0.2) is 9.97 Å². The van der Waals surface area contributed by atoms with E-state index in [1.807, 2.05) is 31.4 Å². The quantitative estimate of drug-likeness (QED) is 0.879. The molecule has 2 aromatic heterocycles. The van der Waals surface area contributed by atoms with Gasteiger partial charge in [-0.15, -0.1) is 0 Å². The van der Waals surface area contributed by atoms with Crippen molar-refractivity contribution in [3.8, 4) is 5.82 Å². The molecule has 6 heteroatoms. The maximum Gasteiger partial charge on any atom is 0.241 e. The molecule has 3 N–H and O–H groups in total. The number of anilines is 1. The maximum absolute atomic E-state index is 12.2. The van der Waals surface area contributed by atoms with Crippen molar-refractivity contribution < 1.29 is 4.79 Å². The van der Waals surface area contributed by atoms with E-state index in [4.69, 9.17) is 5.73 Å². The predicted molar refractivity (Wildman–Crippen MR) is 82.2 cm³/mol. The van der Waals surface area contributed by atoms with Crippen molar-refractivity contribution in [3.05, 3.63) is 36.5 Å². The molecule has 6 nitrogen and oxygen atoms in total. The summed E-state index contributed by atoms with van der Waals surface area (Å²) in [4.78, 5) is 20.7. The zero-order valence-corrected chi connectivity index (χ0v) is 12.6. The van der Waals surface area contributed by atoms with E-state index < -0.39 is 6.04 Å². The number of amides is 1. The highest BCUT2D eigenvalue weighted by Gasteiger charge is 2.17. The zero-order valence-electron chi connectivity index (χ0n) is 12.6. The van der Waals surface area contributed by atoms with Crippen LogP contribution < -0.4 is 11.1 Å². The maximum atomic E-state index is 12.2. The largest absolute Gasteiger partial charge is 0.322 e. The van der Waals surface area contributed by atoms with Crippen LogP contribution in [0.3, 0.4) is 0 Å².